The minimum atomic E-state index is -5.32. The van der Waals surface area contributed by atoms with Crippen molar-refractivity contribution >= 4 is 21.6 Å². The number of hydrogen-bond acceptors (Lipinski definition) is 9. The summed E-state index contributed by atoms with van der Waals surface area (Å²) in [4.78, 5) is 44.0. The van der Waals surface area contributed by atoms with E-state index in [1.165, 1.54) is 0 Å². The van der Waals surface area contributed by atoms with Crippen molar-refractivity contribution in [3.8, 4) is 0 Å². The summed E-state index contributed by atoms with van der Waals surface area (Å²) in [6.45, 7) is 0. The van der Waals surface area contributed by atoms with E-state index in [0.29, 0.717) is 0 Å². The Morgan fingerprint density at radius 3 is 1.65 bits per heavy atom. The van der Waals surface area contributed by atoms with Gasteiger partial charge in [-0.1, -0.05) is 0 Å². The Bertz CT molecular complexity index is 422. The lowest BCUT2D eigenvalue weighted by molar-refractivity contribution is -0.182. The van der Waals surface area contributed by atoms with Crippen molar-refractivity contribution in [2.45, 2.75) is 24.6 Å². The normalized spacial score (nSPS) is 19.0. The number of phosphoric ester groups is 2. The fourth-order valence-corrected chi connectivity index (χ4v) is 1.62. The molecule has 20 heavy (non-hydrogen) atoms. The molecule has 8 N–H and O–H groups in total. The van der Waals surface area contributed by atoms with Gasteiger partial charge in [-0.3, -0.25) is 14.3 Å². The standard InChI is InChI=1S/C5H12O13P2/c6-1(2(7)4(9)17-19(11,12)13)3(8)5(10)18-20(14,15)16/h1-4,6-9H,(H2,11,12,13)(H2,14,15,16)/t1-,2+,3-,4?/m1/s1. The number of aliphatic hydroxyl groups is 4. The molecule has 0 aliphatic carbocycles. The van der Waals surface area contributed by atoms with Crippen LogP contribution < -0.4 is 0 Å². The van der Waals surface area contributed by atoms with Crippen LogP contribution >= 0.6 is 15.6 Å². The fraction of sp³-hybridized carbons (Fsp3) is 0.800. The number of carbonyl (C=O) groups is 1. The summed E-state index contributed by atoms with van der Waals surface area (Å²) in [6, 6.07) is 0. The van der Waals surface area contributed by atoms with Gasteiger partial charge in [-0.05, 0) is 0 Å². The maximum Gasteiger partial charge on any atom is 0.527 e. The van der Waals surface area contributed by atoms with E-state index in [4.69, 9.17) is 34.9 Å². The van der Waals surface area contributed by atoms with Crippen LogP contribution in [-0.4, -0.2) is 70.6 Å². The first-order valence-corrected chi connectivity index (χ1v) is 7.56. The fourth-order valence-electron chi connectivity index (χ4n) is 0.869. The molecule has 0 fully saturated rings. The van der Waals surface area contributed by atoms with Gasteiger partial charge < -0.3 is 34.7 Å². The van der Waals surface area contributed by atoms with Crippen LogP contribution in [0.5, 0.6) is 0 Å². The Labute approximate surface area is 110 Å². The van der Waals surface area contributed by atoms with Crippen LogP contribution in [-0.2, 0) is 23.0 Å². The van der Waals surface area contributed by atoms with Gasteiger partial charge in [-0.15, -0.1) is 0 Å². The van der Waals surface area contributed by atoms with Crippen LogP contribution in [0.15, 0.2) is 0 Å². The van der Waals surface area contributed by atoms with Gasteiger partial charge in [0.2, 0.25) is 0 Å². The smallest absolute Gasteiger partial charge is 0.387 e. The molecule has 0 radical (unpaired) electrons. The summed E-state index contributed by atoms with van der Waals surface area (Å²) in [5, 5.41) is 36.3. The van der Waals surface area contributed by atoms with Crippen LogP contribution in [0.2, 0.25) is 0 Å². The van der Waals surface area contributed by atoms with E-state index in [-0.39, 0.29) is 0 Å². The molecule has 0 rings (SSSR count). The monoisotopic (exact) mass is 342 g/mol. The molecule has 0 aromatic rings. The van der Waals surface area contributed by atoms with Crippen LogP contribution in [0.3, 0.4) is 0 Å². The highest BCUT2D eigenvalue weighted by Gasteiger charge is 2.40. The van der Waals surface area contributed by atoms with Gasteiger partial charge in [0.1, 0.15) is 12.2 Å². The van der Waals surface area contributed by atoms with Crippen molar-refractivity contribution in [1.82, 2.24) is 0 Å². The summed E-state index contributed by atoms with van der Waals surface area (Å²) < 4.78 is 27.5. The third-order valence-corrected chi connectivity index (χ3v) is 2.57. The first kappa shape index (κ1) is 19.6. The zero-order valence-corrected chi connectivity index (χ0v) is 11.1. The second kappa shape index (κ2) is 7.02. The van der Waals surface area contributed by atoms with Crippen molar-refractivity contribution in [3.63, 3.8) is 0 Å². The predicted molar refractivity (Wildman–Crippen MR) is 55.3 cm³/mol. The summed E-state index contributed by atoms with van der Waals surface area (Å²) >= 11 is 0. The van der Waals surface area contributed by atoms with Crippen LogP contribution in [0.4, 0.5) is 0 Å². The minimum Gasteiger partial charge on any atom is -0.387 e. The maximum atomic E-state index is 10.9. The third kappa shape index (κ3) is 7.38. The third-order valence-electron chi connectivity index (χ3n) is 1.66. The van der Waals surface area contributed by atoms with Gasteiger partial charge >= 0.3 is 21.6 Å². The molecular formula is C5H12O13P2. The molecule has 0 saturated carbocycles. The van der Waals surface area contributed by atoms with E-state index in [2.05, 4.69) is 9.05 Å². The average Bonchev–Trinajstić information content (AvgIpc) is 2.21. The first-order chi connectivity index (χ1) is 8.74. The predicted octanol–water partition coefficient (Wildman–Crippen LogP) is -3.87. The van der Waals surface area contributed by atoms with Gasteiger partial charge in [0.05, 0.1) is 0 Å². The molecule has 0 aromatic heterocycles. The average molecular weight is 342 g/mol. The molecule has 4 atom stereocenters. The SMILES string of the molecule is O=C(OP(=O)(O)O)[C@H](O)[C@H](O)[C@H](O)C(O)OP(=O)(O)O. The molecule has 0 aliphatic heterocycles. The van der Waals surface area contributed by atoms with E-state index in [9.17, 15) is 19.0 Å². The van der Waals surface area contributed by atoms with E-state index in [0.717, 1.165) is 0 Å². The zero-order valence-electron chi connectivity index (χ0n) is 9.32. The molecule has 0 aromatic carbocycles. The second-order valence-corrected chi connectivity index (χ2v) is 5.67. The Morgan fingerprint density at radius 2 is 1.30 bits per heavy atom. The lowest BCUT2D eigenvalue weighted by Gasteiger charge is -2.25. The highest BCUT2D eigenvalue weighted by Crippen LogP contribution is 2.38. The molecule has 0 aliphatic rings. The number of rotatable bonds is 7. The molecular weight excluding hydrogens is 330 g/mol. The van der Waals surface area contributed by atoms with E-state index >= 15 is 0 Å². The van der Waals surface area contributed by atoms with Gasteiger partial charge in [0, 0.05) is 0 Å². The van der Waals surface area contributed by atoms with Crippen molar-refractivity contribution in [2.75, 3.05) is 0 Å². The molecule has 0 amide bonds. The number of phosphoric acid groups is 2. The van der Waals surface area contributed by atoms with E-state index in [1.54, 1.807) is 0 Å². The number of aliphatic hydroxyl groups excluding tert-OH is 4. The Morgan fingerprint density at radius 1 is 0.850 bits per heavy atom. The molecule has 15 heteroatoms. The van der Waals surface area contributed by atoms with Crippen molar-refractivity contribution in [1.29, 1.82) is 0 Å². The van der Waals surface area contributed by atoms with Gasteiger partial charge in [-0.25, -0.2) is 13.9 Å². The van der Waals surface area contributed by atoms with Crippen molar-refractivity contribution < 1.29 is 63.0 Å². The molecule has 120 valence electrons. The summed E-state index contributed by atoms with van der Waals surface area (Å²) in [5.41, 5.74) is 0. The molecule has 13 nitrogen and oxygen atoms in total. The van der Waals surface area contributed by atoms with Gasteiger partial charge in [-0.2, -0.15) is 0 Å². The lowest BCUT2D eigenvalue weighted by Crippen LogP contribution is -2.48. The second-order valence-electron chi connectivity index (χ2n) is 3.31. The first-order valence-electron chi connectivity index (χ1n) is 4.50. The quantitative estimate of drug-likeness (QED) is 0.164. The molecule has 0 heterocycles. The van der Waals surface area contributed by atoms with E-state index in [1.807, 2.05) is 0 Å². The molecule has 1 unspecified atom stereocenters. The maximum absolute atomic E-state index is 10.9. The molecule has 0 saturated heterocycles. The van der Waals surface area contributed by atoms with Gasteiger partial charge in [0.25, 0.3) is 0 Å². The largest absolute Gasteiger partial charge is 0.527 e. The van der Waals surface area contributed by atoms with Crippen molar-refractivity contribution in [2.24, 2.45) is 0 Å². The Kier molecular flexibility index (Phi) is 6.87. The summed E-state index contributed by atoms with van der Waals surface area (Å²) in [7, 11) is -10.6. The zero-order chi connectivity index (χ0) is 16.3. The summed E-state index contributed by atoms with van der Waals surface area (Å²) in [5.74, 6) is -2.05. The molecule has 0 bridgehead atoms. The van der Waals surface area contributed by atoms with Crippen LogP contribution in [0.1, 0.15) is 0 Å². The van der Waals surface area contributed by atoms with Crippen LogP contribution in [0, 0.1) is 0 Å². The highest BCUT2D eigenvalue weighted by molar-refractivity contribution is 7.47. The lowest BCUT2D eigenvalue weighted by atomic mass is 10.1. The number of hydrogen-bond donors (Lipinski definition) is 8. The number of carbonyl (C=O) groups excluding carboxylic acids is 1. The van der Waals surface area contributed by atoms with E-state index < -0.39 is 46.2 Å². The minimum absolute atomic E-state index is 2.05. The highest BCUT2D eigenvalue weighted by atomic mass is 31.2. The Balaban J connectivity index is 4.72. The van der Waals surface area contributed by atoms with Crippen molar-refractivity contribution in [3.05, 3.63) is 0 Å². The van der Waals surface area contributed by atoms with Gasteiger partial charge in [0.15, 0.2) is 12.4 Å². The van der Waals surface area contributed by atoms with Crippen LogP contribution in [0.25, 0.3) is 0 Å². The topological polar surface area (TPSA) is 232 Å². The Hall–Kier alpha value is -0.430. The molecule has 0 spiro atoms. The summed E-state index contributed by atoms with van der Waals surface area (Å²) in [6.07, 6.45) is -10.6.